The zero-order valence-electron chi connectivity index (χ0n) is 38.6. The van der Waals surface area contributed by atoms with Crippen LogP contribution in [0.3, 0.4) is 0 Å². The Morgan fingerprint density at radius 3 is 0.982 bits per heavy atom. The molecule has 5 rings (SSSR count). The van der Waals surface area contributed by atoms with Gasteiger partial charge in [-0.1, -0.05) is 0 Å². The van der Waals surface area contributed by atoms with Crippen LogP contribution in [0.25, 0.3) is 31.3 Å². The molecule has 57 heavy (non-hydrogen) atoms. The Morgan fingerprint density at radius 2 is 0.684 bits per heavy atom. The fraction of sp³-hybridized carbons (Fsp3) is 0.698. The molecule has 1 aliphatic rings. The molecule has 0 atom stereocenters. The maximum atomic E-state index is 2.82. The molecule has 0 unspecified atom stereocenters. The van der Waals surface area contributed by atoms with Gasteiger partial charge in [-0.2, -0.15) is 0 Å². The molecule has 0 radical (unpaired) electrons. The molecular weight excluding hydrogens is 938 g/mol. The van der Waals surface area contributed by atoms with Gasteiger partial charge in [0.2, 0.25) is 0 Å². The maximum absolute atomic E-state index is 2.82. The molecule has 0 saturated heterocycles. The van der Waals surface area contributed by atoms with Crippen molar-refractivity contribution in [3.63, 3.8) is 0 Å². The van der Waals surface area contributed by atoms with Gasteiger partial charge < -0.3 is 0 Å². The Balaban J connectivity index is 1.73. The second kappa shape index (κ2) is 24.0. The second-order valence-electron chi connectivity index (χ2n) is 19.0. The van der Waals surface area contributed by atoms with Crippen LogP contribution in [-0.4, -0.2) is 36.8 Å². The Labute approximate surface area is 369 Å². The Morgan fingerprint density at radius 1 is 0.368 bits per heavy atom. The third-order valence-corrected chi connectivity index (χ3v) is 53.3. The normalized spacial score (nSPS) is 14.0. The first-order valence-electron chi connectivity index (χ1n) is 25.0. The minimum atomic E-state index is -2.55. The van der Waals surface area contributed by atoms with Gasteiger partial charge in [0.05, 0.1) is 0 Å². The minimum absolute atomic E-state index is 0.152. The van der Waals surface area contributed by atoms with E-state index in [1.165, 1.54) is 141 Å². The molecule has 4 aromatic rings. The first-order valence-corrected chi connectivity index (χ1v) is 41.6. The van der Waals surface area contributed by atoms with Crippen LogP contribution in [0.4, 0.5) is 0 Å². The van der Waals surface area contributed by atoms with E-state index in [9.17, 15) is 0 Å². The van der Waals surface area contributed by atoms with Crippen molar-refractivity contribution in [1.29, 1.82) is 0 Å². The summed E-state index contributed by atoms with van der Waals surface area (Å²) in [5.74, 6) is 0. The molecule has 0 saturated carbocycles. The third kappa shape index (κ3) is 11.3. The van der Waals surface area contributed by atoms with E-state index in [0.29, 0.717) is 0 Å². The molecule has 2 heterocycles. The molecule has 4 heteroatoms. The Bertz CT molecular complexity index is 1600. The molecule has 0 bridgehead atoms. The van der Waals surface area contributed by atoms with Crippen molar-refractivity contribution >= 4 is 85.4 Å². The molecule has 0 fully saturated rings. The fourth-order valence-corrected chi connectivity index (χ4v) is 51.6. The topological polar surface area (TPSA) is 0 Å². The quantitative estimate of drug-likeness (QED) is 0.0361. The van der Waals surface area contributed by atoms with Gasteiger partial charge in [0.1, 0.15) is 0 Å². The predicted molar refractivity (Wildman–Crippen MR) is 270 cm³/mol. The van der Waals surface area contributed by atoms with E-state index >= 15 is 0 Å². The molecule has 318 valence electrons. The average molecular weight is 1020 g/mol. The van der Waals surface area contributed by atoms with Crippen LogP contribution in [0.15, 0.2) is 36.4 Å². The molecule has 0 spiro atoms. The standard InChI is InChI=1S/C29H32S2.6C4H9.2Sn/c1-3-5-7-9-13-29(14-10-8-6-4-2)25-17-21-11-15-30-27(21)19-23(25)24-20-28-22(12-16-31-28)18-26(24)29;6*1-3-4-2;;/h11-12,17-20H,3-10,13-14H2,1-2H3;6*1,3-4H2,2H3;;. The molecule has 2 aromatic heterocycles. The zero-order valence-corrected chi connectivity index (χ0v) is 45.9. The van der Waals surface area contributed by atoms with Crippen LogP contribution in [0, 0.1) is 0 Å². The van der Waals surface area contributed by atoms with Gasteiger partial charge in [-0.3, -0.25) is 0 Å². The molecule has 0 N–H and O–H groups in total. The SMILES string of the molecule is CCCCCCC1(CCCCCC)c2cc3c[c]([Sn]([CH2]CCC)([CH2]CCC)[CH2]CCC)sc3cc2-c2cc3s[c]([Sn]([CH2]CCC)([CH2]CCC)[CH2]CCC)cc3cc21. The third-order valence-electron chi connectivity index (χ3n) is 14.6. The van der Waals surface area contributed by atoms with Gasteiger partial charge >= 0.3 is 373 Å². The monoisotopic (exact) mass is 1030 g/mol. The number of benzene rings is 2. The van der Waals surface area contributed by atoms with Crippen LogP contribution >= 0.6 is 22.7 Å². The number of unbranched alkanes of at least 4 members (excludes halogenated alkanes) is 12. The Hall–Kier alpha value is -0.0426. The van der Waals surface area contributed by atoms with Crippen LogP contribution in [0.2, 0.25) is 26.6 Å². The van der Waals surface area contributed by atoms with Crippen molar-refractivity contribution in [2.45, 2.75) is 229 Å². The summed E-state index contributed by atoms with van der Waals surface area (Å²) in [7, 11) is 0. The van der Waals surface area contributed by atoms with Crippen molar-refractivity contribution in [3.8, 4) is 11.1 Å². The number of thiophene rings is 2. The van der Waals surface area contributed by atoms with Gasteiger partial charge in [-0.25, -0.2) is 0 Å². The number of hydrogen-bond acceptors (Lipinski definition) is 2. The van der Waals surface area contributed by atoms with Gasteiger partial charge in [0.25, 0.3) is 0 Å². The van der Waals surface area contributed by atoms with Crippen molar-refractivity contribution in [2.75, 3.05) is 0 Å². The van der Waals surface area contributed by atoms with Gasteiger partial charge in [-0.05, 0) is 0 Å². The van der Waals surface area contributed by atoms with E-state index in [0.717, 1.165) is 0 Å². The summed E-state index contributed by atoms with van der Waals surface area (Å²) < 4.78 is 16.5. The summed E-state index contributed by atoms with van der Waals surface area (Å²) >= 11 is -0.525. The van der Waals surface area contributed by atoms with Crippen molar-refractivity contribution in [2.24, 2.45) is 0 Å². The van der Waals surface area contributed by atoms with Crippen molar-refractivity contribution in [1.82, 2.24) is 0 Å². The van der Waals surface area contributed by atoms with Gasteiger partial charge in [0, 0.05) is 0 Å². The first-order chi connectivity index (χ1) is 27.8. The van der Waals surface area contributed by atoms with Crippen molar-refractivity contribution < 1.29 is 0 Å². The zero-order chi connectivity index (χ0) is 40.7. The first kappa shape index (κ1) is 48.0. The summed E-state index contributed by atoms with van der Waals surface area (Å²) in [6.45, 7) is 19.4. The van der Waals surface area contributed by atoms with E-state index in [-0.39, 0.29) is 5.41 Å². The van der Waals surface area contributed by atoms with E-state index in [1.54, 1.807) is 69.0 Å². The van der Waals surface area contributed by atoms with E-state index in [4.69, 9.17) is 0 Å². The molecule has 1 aliphatic carbocycles. The van der Waals surface area contributed by atoms with E-state index in [1.807, 2.05) is 5.79 Å². The number of rotatable bonds is 30. The summed E-state index contributed by atoms with van der Waals surface area (Å²) in [5, 5.41) is 3.20. The second-order valence-corrected chi connectivity index (χ2v) is 49.5. The van der Waals surface area contributed by atoms with Gasteiger partial charge in [0.15, 0.2) is 0 Å². The molecule has 0 nitrogen and oxygen atoms in total. The number of fused-ring (bicyclic) bond motifs is 5. The molecule has 0 aliphatic heterocycles. The summed E-state index contributed by atoms with van der Waals surface area (Å²) in [5.41, 5.74) is 6.85. The van der Waals surface area contributed by atoms with E-state index < -0.39 is 36.8 Å². The van der Waals surface area contributed by atoms with Crippen LogP contribution in [-0.2, 0) is 5.41 Å². The average Bonchev–Trinajstić information content (AvgIpc) is 3.92. The molecule has 0 amide bonds. The van der Waals surface area contributed by atoms with E-state index in [2.05, 4.69) is 114 Å². The van der Waals surface area contributed by atoms with Crippen LogP contribution in [0.1, 0.15) is 208 Å². The van der Waals surface area contributed by atoms with Crippen molar-refractivity contribution in [3.05, 3.63) is 47.5 Å². The predicted octanol–water partition coefficient (Wildman–Crippen LogP) is 18.4. The molecular formula is C53H86S2Sn2. The number of hydrogen-bond donors (Lipinski definition) is 0. The van der Waals surface area contributed by atoms with Gasteiger partial charge in [-0.15, -0.1) is 0 Å². The van der Waals surface area contributed by atoms with Crippen LogP contribution in [0.5, 0.6) is 0 Å². The summed E-state index contributed by atoms with van der Waals surface area (Å²) in [6.07, 6.45) is 30.3. The summed E-state index contributed by atoms with van der Waals surface area (Å²) in [4.78, 5) is 0. The van der Waals surface area contributed by atoms with Crippen LogP contribution < -0.4 is 5.79 Å². The fourth-order valence-electron chi connectivity index (χ4n) is 11.0. The molecule has 2 aromatic carbocycles. The Kier molecular flexibility index (Phi) is 20.2. The summed E-state index contributed by atoms with van der Waals surface area (Å²) in [6, 6.07) is 16.8.